The lowest BCUT2D eigenvalue weighted by Crippen LogP contribution is -2.49. The number of carbonyl (C=O) groups excluding carboxylic acids is 1. The van der Waals surface area contributed by atoms with E-state index in [1.807, 2.05) is 27.7 Å². The van der Waals surface area contributed by atoms with Crippen LogP contribution in [0.2, 0.25) is 0 Å². The number of carboxylic acid groups (broad SMARTS) is 1. The van der Waals surface area contributed by atoms with E-state index >= 15 is 0 Å². The number of carbonyl (C=O) groups is 2. The Kier molecular flexibility index (Phi) is 6.16. The van der Waals surface area contributed by atoms with Gasteiger partial charge in [-0.3, -0.25) is 9.59 Å². The summed E-state index contributed by atoms with van der Waals surface area (Å²) < 4.78 is 0. The van der Waals surface area contributed by atoms with E-state index in [2.05, 4.69) is 5.32 Å². The van der Waals surface area contributed by atoms with Crippen LogP contribution < -0.4 is 11.1 Å². The lowest BCUT2D eigenvalue weighted by atomic mass is 9.82. The molecular formula is C12H24N2O3. The monoisotopic (exact) mass is 244 g/mol. The number of nitrogens with two attached hydrogens (primary N) is 1. The Morgan fingerprint density at radius 2 is 1.76 bits per heavy atom. The quantitative estimate of drug-likeness (QED) is 0.622. The van der Waals surface area contributed by atoms with Crippen LogP contribution in [0.5, 0.6) is 0 Å². The Hall–Kier alpha value is -1.10. The molecule has 0 unspecified atom stereocenters. The van der Waals surface area contributed by atoms with Crippen molar-refractivity contribution >= 4 is 11.9 Å². The molecule has 0 spiro atoms. The minimum Gasteiger partial charge on any atom is -0.481 e. The van der Waals surface area contributed by atoms with Crippen molar-refractivity contribution < 1.29 is 14.7 Å². The molecule has 0 bridgehead atoms. The third-order valence-electron chi connectivity index (χ3n) is 3.43. The van der Waals surface area contributed by atoms with Gasteiger partial charge in [0.1, 0.15) is 0 Å². The molecule has 0 fully saturated rings. The molecule has 100 valence electrons. The van der Waals surface area contributed by atoms with Gasteiger partial charge in [-0.25, -0.2) is 0 Å². The van der Waals surface area contributed by atoms with Crippen LogP contribution in [-0.4, -0.2) is 29.6 Å². The van der Waals surface area contributed by atoms with Crippen molar-refractivity contribution in [1.29, 1.82) is 0 Å². The Labute approximate surface area is 103 Å². The van der Waals surface area contributed by atoms with Gasteiger partial charge in [0.2, 0.25) is 5.91 Å². The fourth-order valence-electron chi connectivity index (χ4n) is 1.55. The molecular weight excluding hydrogens is 220 g/mol. The third-order valence-corrected chi connectivity index (χ3v) is 3.43. The van der Waals surface area contributed by atoms with Gasteiger partial charge in [0.15, 0.2) is 0 Å². The fraction of sp³-hybridized carbons (Fsp3) is 0.833. The van der Waals surface area contributed by atoms with Gasteiger partial charge in [0.25, 0.3) is 0 Å². The van der Waals surface area contributed by atoms with Crippen LogP contribution in [0, 0.1) is 11.3 Å². The van der Waals surface area contributed by atoms with Crippen LogP contribution in [0.4, 0.5) is 0 Å². The predicted molar refractivity (Wildman–Crippen MR) is 66.5 cm³/mol. The summed E-state index contributed by atoms with van der Waals surface area (Å²) in [6.07, 6.45) is 0.964. The standard InChI is InChI=1S/C12H24N2O3/c1-5-12(6-2,11(16)17)7-14-10(15)9(13)8(3)4/h8-9H,5-7,13H2,1-4H3,(H,14,15)(H,16,17)/t9-/m0/s1. The van der Waals surface area contributed by atoms with E-state index < -0.39 is 17.4 Å². The average molecular weight is 244 g/mol. The van der Waals surface area contributed by atoms with E-state index in [0.29, 0.717) is 12.8 Å². The van der Waals surface area contributed by atoms with E-state index in [4.69, 9.17) is 5.73 Å². The number of amides is 1. The van der Waals surface area contributed by atoms with Crippen LogP contribution >= 0.6 is 0 Å². The van der Waals surface area contributed by atoms with Gasteiger partial charge in [0.05, 0.1) is 11.5 Å². The number of hydrogen-bond acceptors (Lipinski definition) is 3. The Balaban J connectivity index is 4.52. The zero-order valence-corrected chi connectivity index (χ0v) is 11.1. The molecule has 0 aliphatic carbocycles. The Bertz CT molecular complexity index is 273. The van der Waals surface area contributed by atoms with Gasteiger partial charge >= 0.3 is 5.97 Å². The molecule has 5 nitrogen and oxygen atoms in total. The summed E-state index contributed by atoms with van der Waals surface area (Å²) in [5, 5.41) is 11.8. The van der Waals surface area contributed by atoms with Gasteiger partial charge in [-0.1, -0.05) is 27.7 Å². The highest BCUT2D eigenvalue weighted by Gasteiger charge is 2.35. The molecule has 17 heavy (non-hydrogen) atoms. The SMILES string of the molecule is CCC(CC)(CNC(=O)[C@@H](N)C(C)C)C(=O)O. The molecule has 0 saturated heterocycles. The van der Waals surface area contributed by atoms with Crippen molar-refractivity contribution in [2.24, 2.45) is 17.1 Å². The topological polar surface area (TPSA) is 92.4 Å². The highest BCUT2D eigenvalue weighted by molar-refractivity contribution is 5.83. The molecule has 4 N–H and O–H groups in total. The highest BCUT2D eigenvalue weighted by Crippen LogP contribution is 2.25. The second kappa shape index (κ2) is 6.59. The molecule has 1 atom stereocenters. The van der Waals surface area contributed by atoms with Gasteiger partial charge in [0, 0.05) is 6.54 Å². The number of hydrogen-bond donors (Lipinski definition) is 3. The Morgan fingerprint density at radius 3 is 2.06 bits per heavy atom. The molecule has 0 aliphatic rings. The first-order chi connectivity index (χ1) is 7.80. The largest absolute Gasteiger partial charge is 0.481 e. The molecule has 0 aromatic carbocycles. The maximum Gasteiger partial charge on any atom is 0.311 e. The zero-order chi connectivity index (χ0) is 13.6. The van der Waals surface area contributed by atoms with Crippen molar-refractivity contribution in [2.75, 3.05) is 6.54 Å². The summed E-state index contributed by atoms with van der Waals surface area (Å²) >= 11 is 0. The van der Waals surface area contributed by atoms with E-state index in [1.54, 1.807) is 0 Å². The molecule has 0 aromatic heterocycles. The van der Waals surface area contributed by atoms with Crippen molar-refractivity contribution in [3.63, 3.8) is 0 Å². The van der Waals surface area contributed by atoms with E-state index in [-0.39, 0.29) is 18.4 Å². The van der Waals surface area contributed by atoms with Crippen LogP contribution in [0.1, 0.15) is 40.5 Å². The number of nitrogens with one attached hydrogen (secondary N) is 1. The normalized spacial score (nSPS) is 13.5. The van der Waals surface area contributed by atoms with Crippen LogP contribution in [-0.2, 0) is 9.59 Å². The lowest BCUT2D eigenvalue weighted by Gasteiger charge is -2.28. The summed E-state index contributed by atoms with van der Waals surface area (Å²) in [7, 11) is 0. The molecule has 0 aliphatic heterocycles. The Morgan fingerprint density at radius 1 is 1.29 bits per heavy atom. The van der Waals surface area contributed by atoms with Gasteiger partial charge in [-0.15, -0.1) is 0 Å². The molecule has 0 saturated carbocycles. The molecule has 0 rings (SSSR count). The van der Waals surface area contributed by atoms with Crippen molar-refractivity contribution in [3.05, 3.63) is 0 Å². The van der Waals surface area contributed by atoms with Crippen LogP contribution in [0.3, 0.4) is 0 Å². The van der Waals surface area contributed by atoms with Crippen LogP contribution in [0.15, 0.2) is 0 Å². The summed E-state index contributed by atoms with van der Waals surface area (Å²) in [5.74, 6) is -1.12. The summed E-state index contributed by atoms with van der Waals surface area (Å²) in [6.45, 7) is 7.47. The summed E-state index contributed by atoms with van der Waals surface area (Å²) in [4.78, 5) is 22.9. The molecule has 0 radical (unpaired) electrons. The first-order valence-electron chi connectivity index (χ1n) is 6.07. The maximum atomic E-state index is 11.7. The second-order valence-corrected chi connectivity index (χ2v) is 4.78. The number of carboxylic acids is 1. The van der Waals surface area contributed by atoms with Gasteiger partial charge in [-0.05, 0) is 18.8 Å². The predicted octanol–water partition coefficient (Wildman–Crippen LogP) is 0.977. The average Bonchev–Trinajstić information content (AvgIpc) is 2.29. The van der Waals surface area contributed by atoms with Crippen molar-refractivity contribution in [1.82, 2.24) is 5.32 Å². The second-order valence-electron chi connectivity index (χ2n) is 4.78. The zero-order valence-electron chi connectivity index (χ0n) is 11.1. The van der Waals surface area contributed by atoms with E-state index in [0.717, 1.165) is 0 Å². The van der Waals surface area contributed by atoms with Crippen LogP contribution in [0.25, 0.3) is 0 Å². The van der Waals surface area contributed by atoms with E-state index in [9.17, 15) is 14.7 Å². The number of rotatable bonds is 7. The number of aliphatic carboxylic acids is 1. The molecule has 0 aromatic rings. The van der Waals surface area contributed by atoms with Gasteiger partial charge in [-0.2, -0.15) is 0 Å². The van der Waals surface area contributed by atoms with Crippen molar-refractivity contribution in [2.45, 2.75) is 46.6 Å². The lowest BCUT2D eigenvalue weighted by molar-refractivity contribution is -0.149. The minimum absolute atomic E-state index is 0.0393. The van der Waals surface area contributed by atoms with E-state index in [1.165, 1.54) is 0 Å². The smallest absolute Gasteiger partial charge is 0.311 e. The summed E-state index contributed by atoms with van der Waals surface area (Å²) in [5.41, 5.74) is 4.81. The first-order valence-corrected chi connectivity index (χ1v) is 6.07. The van der Waals surface area contributed by atoms with Crippen molar-refractivity contribution in [3.8, 4) is 0 Å². The van der Waals surface area contributed by atoms with Gasteiger partial charge < -0.3 is 16.2 Å². The highest BCUT2D eigenvalue weighted by atomic mass is 16.4. The summed E-state index contributed by atoms with van der Waals surface area (Å²) in [6, 6.07) is -0.588. The third kappa shape index (κ3) is 4.00. The minimum atomic E-state index is -0.883. The fourth-order valence-corrected chi connectivity index (χ4v) is 1.55. The molecule has 5 heteroatoms. The molecule has 1 amide bonds. The first kappa shape index (κ1) is 15.9. The maximum absolute atomic E-state index is 11.7. The molecule has 0 heterocycles.